The highest BCUT2D eigenvalue weighted by Gasteiger charge is 2.37. The van der Waals surface area contributed by atoms with Gasteiger partial charge in [-0.15, -0.1) is 0 Å². The van der Waals surface area contributed by atoms with E-state index < -0.39 is 0 Å². The van der Waals surface area contributed by atoms with Gasteiger partial charge in [0.2, 0.25) is 0 Å². The molecule has 6 aromatic heterocycles. The second kappa shape index (κ2) is 26.2. The highest BCUT2D eigenvalue weighted by molar-refractivity contribution is 6.24. The zero-order valence-electron chi connectivity index (χ0n) is 62.2. The first-order valence-corrected chi connectivity index (χ1v) is 38.4. The second-order valence-electron chi connectivity index (χ2n) is 30.5. The van der Waals surface area contributed by atoms with Gasteiger partial charge in [-0.3, -0.25) is 0 Å². The van der Waals surface area contributed by atoms with E-state index in [1.54, 1.807) is 0 Å². The molecule has 0 atom stereocenters. The smallest absolute Gasteiger partial charge is 0.160 e. The van der Waals surface area contributed by atoms with Crippen LogP contribution in [0.3, 0.4) is 0 Å². The first-order valence-electron chi connectivity index (χ1n) is 38.4. The zero-order chi connectivity index (χ0) is 74.8. The van der Waals surface area contributed by atoms with Gasteiger partial charge in [-0.25, -0.2) is 29.9 Å². The van der Waals surface area contributed by atoms with E-state index in [0.29, 0.717) is 11.6 Å². The molecular weight excluding hydrogens is 1360 g/mol. The van der Waals surface area contributed by atoms with Crippen molar-refractivity contribution < 1.29 is 0 Å². The van der Waals surface area contributed by atoms with Crippen LogP contribution in [-0.4, -0.2) is 39.0 Å². The van der Waals surface area contributed by atoms with E-state index in [-0.39, 0.29) is 10.8 Å². The van der Waals surface area contributed by atoms with Gasteiger partial charge in [0.05, 0.1) is 67.3 Å². The van der Waals surface area contributed by atoms with Crippen LogP contribution in [-0.2, 0) is 10.8 Å². The minimum absolute atomic E-state index is 0.106. The quantitative estimate of drug-likeness (QED) is 0.136. The molecule has 0 fully saturated rings. The summed E-state index contributed by atoms with van der Waals surface area (Å²) in [6.45, 7) is 9.27. The van der Waals surface area contributed by atoms with Gasteiger partial charge in [-0.2, -0.15) is 0 Å². The Morgan fingerprint density at radius 1 is 0.223 bits per heavy atom. The maximum absolute atomic E-state index is 5.36. The number of pyridine rings is 2. The average Bonchev–Trinajstić information content (AvgIpc) is 1.57. The van der Waals surface area contributed by atoms with Crippen LogP contribution in [0.2, 0.25) is 0 Å². The predicted octanol–water partition coefficient (Wildman–Crippen LogP) is 26.2. The van der Waals surface area contributed by atoms with Gasteiger partial charge in [0.1, 0.15) is 0 Å². The lowest BCUT2D eigenvalue weighted by atomic mass is 9.82. The van der Waals surface area contributed by atoms with Crippen molar-refractivity contribution >= 4 is 65.4 Å². The third kappa shape index (κ3) is 10.8. The number of hydrogen-bond acceptors (Lipinski definition) is 6. The van der Waals surface area contributed by atoms with Gasteiger partial charge in [0, 0.05) is 99.0 Å². The molecule has 2 aliphatic carbocycles. The Morgan fingerprint density at radius 3 is 0.991 bits per heavy atom. The molecular formula is C104H72N8. The number of fused-ring (bicyclic) bond motifs is 16. The van der Waals surface area contributed by atoms with Crippen molar-refractivity contribution in [3.8, 4) is 124 Å². The summed E-state index contributed by atoms with van der Waals surface area (Å²) < 4.78 is 4.77. The van der Waals surface area contributed by atoms with Crippen LogP contribution in [0.25, 0.3) is 189 Å². The maximum Gasteiger partial charge on any atom is 0.160 e. The van der Waals surface area contributed by atoms with Gasteiger partial charge in [-0.05, 0) is 117 Å². The number of aromatic nitrogens is 8. The zero-order valence-corrected chi connectivity index (χ0v) is 62.2. The largest absolute Gasteiger partial charge is 0.308 e. The topological polar surface area (TPSA) is 87.2 Å². The van der Waals surface area contributed by atoms with Crippen molar-refractivity contribution in [1.82, 2.24) is 39.0 Å². The van der Waals surface area contributed by atoms with Gasteiger partial charge in [0.25, 0.3) is 0 Å². The first-order chi connectivity index (χ1) is 55.1. The third-order valence-electron chi connectivity index (χ3n) is 23.2. The lowest BCUT2D eigenvalue weighted by Crippen LogP contribution is -2.15. The highest BCUT2D eigenvalue weighted by Crippen LogP contribution is 2.52. The summed E-state index contributed by atoms with van der Waals surface area (Å²) in [5.41, 5.74) is 32.9. The maximum atomic E-state index is 5.36. The normalized spacial score (nSPS) is 13.0. The summed E-state index contributed by atoms with van der Waals surface area (Å²) in [7, 11) is 0. The number of para-hydroxylation sites is 6. The van der Waals surface area contributed by atoms with E-state index in [9.17, 15) is 0 Å². The molecule has 20 aromatic rings. The Labute approximate surface area is 649 Å². The Morgan fingerprint density at radius 2 is 0.536 bits per heavy atom. The van der Waals surface area contributed by atoms with E-state index in [0.717, 1.165) is 145 Å². The number of rotatable bonds is 10. The fraction of sp³-hybridized carbons (Fsp3) is 0.0577. The van der Waals surface area contributed by atoms with Crippen molar-refractivity contribution in [3.63, 3.8) is 0 Å². The Hall–Kier alpha value is -14.3. The number of nitrogens with zero attached hydrogens (tertiary/aromatic N) is 8. The molecule has 8 heteroatoms. The van der Waals surface area contributed by atoms with Crippen molar-refractivity contribution in [2.45, 2.75) is 38.5 Å². The molecule has 0 unspecified atom stereocenters. The first kappa shape index (κ1) is 65.9. The van der Waals surface area contributed by atoms with Crippen LogP contribution in [0.5, 0.6) is 0 Å². The third-order valence-corrected chi connectivity index (χ3v) is 23.2. The molecule has 0 spiro atoms. The van der Waals surface area contributed by atoms with Crippen LogP contribution < -0.4 is 0 Å². The molecule has 112 heavy (non-hydrogen) atoms. The van der Waals surface area contributed by atoms with Crippen molar-refractivity contribution in [2.24, 2.45) is 0 Å². The average molecular weight is 1430 g/mol. The summed E-state index contributed by atoms with van der Waals surface area (Å²) >= 11 is 0. The van der Waals surface area contributed by atoms with Crippen molar-refractivity contribution in [2.75, 3.05) is 0 Å². The summed E-state index contributed by atoms with van der Waals surface area (Å²) in [6, 6.07) is 129. The van der Waals surface area contributed by atoms with Crippen LogP contribution >= 0.6 is 0 Å². The fourth-order valence-electron chi connectivity index (χ4n) is 17.7. The van der Waals surface area contributed by atoms with E-state index in [1.165, 1.54) is 55.3 Å². The van der Waals surface area contributed by atoms with Crippen molar-refractivity contribution in [3.05, 3.63) is 386 Å². The highest BCUT2D eigenvalue weighted by atomic mass is 15.0. The van der Waals surface area contributed by atoms with Gasteiger partial charge < -0.3 is 9.13 Å². The molecule has 0 saturated heterocycles. The lowest BCUT2D eigenvalue weighted by Gasteiger charge is -2.22. The molecule has 0 saturated carbocycles. The molecule has 0 bridgehead atoms. The van der Waals surface area contributed by atoms with Crippen LogP contribution in [0, 0.1) is 0 Å². The van der Waals surface area contributed by atoms with Crippen LogP contribution in [0.4, 0.5) is 0 Å². The molecule has 22 rings (SSSR count). The minimum atomic E-state index is -0.118. The molecule has 2 aliphatic rings. The molecule has 0 N–H and O–H groups in total. The van der Waals surface area contributed by atoms with Gasteiger partial charge in [-0.1, -0.05) is 319 Å². The van der Waals surface area contributed by atoms with E-state index >= 15 is 0 Å². The van der Waals surface area contributed by atoms with Crippen LogP contribution in [0.15, 0.2) is 364 Å². The molecule has 0 radical (unpaired) electrons. The van der Waals surface area contributed by atoms with E-state index in [1.807, 2.05) is 12.1 Å². The standard InChI is InChI=1S/2C52H36N4/c1-52(2)42-22-12-9-19-38(42)39-30-29-36(31-43(39)52)46-32-45(33-15-5-3-6-16-33)54-51(55-46)35-27-25-34(26-28-35)49-48-41-21-11-14-24-47(41)56(37-17-7-4-8-18-37)50(48)40-20-10-13-23-44(40)53-49;1-52(2)42-22-12-9-19-38(42)39-30-29-36(31-43(39)52)51-54-45(33-15-5-3-6-16-33)32-46(55-51)34-25-27-35(28-26-34)49-48-41-21-11-14-24-47(41)56(37-17-7-4-8-18-37)50(48)40-20-10-13-23-44(40)53-49/h2*3-32H,1-2H3. The van der Waals surface area contributed by atoms with Crippen LogP contribution in [0.1, 0.15) is 49.9 Å². The fourth-order valence-corrected chi connectivity index (χ4v) is 17.7. The molecule has 6 heterocycles. The molecule has 528 valence electrons. The molecule has 14 aromatic carbocycles. The van der Waals surface area contributed by atoms with E-state index in [4.69, 9.17) is 29.9 Å². The molecule has 0 aliphatic heterocycles. The summed E-state index contributed by atoms with van der Waals surface area (Å²) in [5.74, 6) is 1.40. The SMILES string of the molecule is CC1(C)c2ccccc2-c2ccc(-c3cc(-c4ccccc4)nc(-c4ccc(-c5nc6ccccc6c6c5c5ccccc5n6-c5ccccc5)cc4)n3)cc21.CC1(C)c2ccccc2-c2ccc(-c3nc(-c4ccccc4)cc(-c4ccc(-c5nc6ccccc6c6c5c5ccccc5n6-c5ccccc5)cc4)n3)cc21. The monoisotopic (exact) mass is 1430 g/mol. The predicted molar refractivity (Wildman–Crippen MR) is 462 cm³/mol. The summed E-state index contributed by atoms with van der Waals surface area (Å²) in [5, 5.41) is 6.89. The number of hydrogen-bond donors (Lipinski definition) is 0. The molecule has 0 amide bonds. The molecule has 8 nitrogen and oxygen atoms in total. The second-order valence-corrected chi connectivity index (χ2v) is 30.5. The summed E-state index contributed by atoms with van der Waals surface area (Å²) in [4.78, 5) is 31.6. The van der Waals surface area contributed by atoms with Crippen molar-refractivity contribution in [1.29, 1.82) is 0 Å². The van der Waals surface area contributed by atoms with Gasteiger partial charge >= 0.3 is 0 Å². The summed E-state index contributed by atoms with van der Waals surface area (Å²) in [6.07, 6.45) is 0. The van der Waals surface area contributed by atoms with E-state index in [2.05, 4.69) is 389 Å². The minimum Gasteiger partial charge on any atom is -0.308 e. The Bertz CT molecular complexity index is 6710. The Kier molecular flexibility index (Phi) is 15.4. The lowest BCUT2D eigenvalue weighted by molar-refractivity contribution is 0.660. The Balaban J connectivity index is 0.000000141. The number of benzene rings is 14. The van der Waals surface area contributed by atoms with Gasteiger partial charge in [0.15, 0.2) is 11.6 Å².